The molecule has 120 valence electrons. The maximum atomic E-state index is 11.8. The van der Waals surface area contributed by atoms with Crippen molar-refractivity contribution >= 4 is 29.0 Å². The molecule has 0 radical (unpaired) electrons. The van der Waals surface area contributed by atoms with E-state index in [9.17, 15) is 9.59 Å². The number of amidine groups is 1. The molecule has 21 heavy (non-hydrogen) atoms. The normalized spacial score (nSPS) is 16.7. The minimum atomic E-state index is -0.363. The number of nitrogens with zero attached hydrogens (tertiary/aromatic N) is 2. The SMILES string of the molecule is CC(C)NC(=O)NC(=NC(=O)N(C)C)SC1CCCCC1. The topological polar surface area (TPSA) is 73.8 Å². The number of hydrogen-bond acceptors (Lipinski definition) is 3. The second kappa shape index (κ2) is 8.92. The molecule has 0 aromatic carbocycles. The number of hydrogen-bond donors (Lipinski definition) is 2. The van der Waals surface area contributed by atoms with E-state index >= 15 is 0 Å². The maximum Gasteiger partial charge on any atom is 0.345 e. The van der Waals surface area contributed by atoms with Crippen LogP contribution in [0.25, 0.3) is 0 Å². The van der Waals surface area contributed by atoms with Crippen molar-refractivity contribution in [1.29, 1.82) is 0 Å². The minimum absolute atomic E-state index is 0.0375. The number of rotatable bonds is 2. The van der Waals surface area contributed by atoms with Crippen molar-refractivity contribution in [3.05, 3.63) is 0 Å². The highest BCUT2D eigenvalue weighted by Crippen LogP contribution is 2.28. The molecule has 1 saturated carbocycles. The predicted molar refractivity (Wildman–Crippen MR) is 87.8 cm³/mol. The summed E-state index contributed by atoms with van der Waals surface area (Å²) in [5, 5.41) is 6.25. The van der Waals surface area contributed by atoms with Gasteiger partial charge in [0, 0.05) is 25.4 Å². The van der Waals surface area contributed by atoms with Crippen LogP contribution in [0.5, 0.6) is 0 Å². The first kappa shape index (κ1) is 17.8. The Morgan fingerprint density at radius 1 is 1.19 bits per heavy atom. The van der Waals surface area contributed by atoms with Crippen LogP contribution in [0.1, 0.15) is 46.0 Å². The highest BCUT2D eigenvalue weighted by molar-refractivity contribution is 8.14. The van der Waals surface area contributed by atoms with Crippen LogP contribution >= 0.6 is 11.8 Å². The van der Waals surface area contributed by atoms with Crippen LogP contribution in [0, 0.1) is 0 Å². The molecule has 0 heterocycles. The molecule has 7 heteroatoms. The van der Waals surface area contributed by atoms with E-state index in [4.69, 9.17) is 0 Å². The van der Waals surface area contributed by atoms with Crippen molar-refractivity contribution in [2.75, 3.05) is 14.1 Å². The molecule has 1 rings (SSSR count). The van der Waals surface area contributed by atoms with Crippen LogP contribution in [-0.2, 0) is 0 Å². The van der Waals surface area contributed by atoms with Crippen molar-refractivity contribution in [3.8, 4) is 0 Å². The van der Waals surface area contributed by atoms with Crippen LogP contribution in [-0.4, -0.2) is 47.5 Å². The predicted octanol–water partition coefficient (Wildman–Crippen LogP) is 2.80. The van der Waals surface area contributed by atoms with Gasteiger partial charge in [0.2, 0.25) is 0 Å². The van der Waals surface area contributed by atoms with Crippen LogP contribution in [0.3, 0.4) is 0 Å². The maximum absolute atomic E-state index is 11.8. The van der Waals surface area contributed by atoms with Gasteiger partial charge in [-0.05, 0) is 26.7 Å². The number of urea groups is 2. The van der Waals surface area contributed by atoms with Gasteiger partial charge < -0.3 is 10.2 Å². The van der Waals surface area contributed by atoms with Crippen LogP contribution in [0.2, 0.25) is 0 Å². The van der Waals surface area contributed by atoms with Gasteiger partial charge in [-0.25, -0.2) is 9.59 Å². The Morgan fingerprint density at radius 3 is 2.33 bits per heavy atom. The molecule has 0 spiro atoms. The van der Waals surface area contributed by atoms with E-state index in [1.807, 2.05) is 13.8 Å². The van der Waals surface area contributed by atoms with Gasteiger partial charge >= 0.3 is 12.1 Å². The summed E-state index contributed by atoms with van der Waals surface area (Å²) in [6.45, 7) is 3.77. The lowest BCUT2D eigenvalue weighted by Gasteiger charge is -2.22. The molecule has 6 nitrogen and oxygen atoms in total. The van der Waals surface area contributed by atoms with Gasteiger partial charge in [-0.15, -0.1) is 0 Å². The second-order valence-electron chi connectivity index (χ2n) is 5.72. The lowest BCUT2D eigenvalue weighted by atomic mass is 10.0. The Bertz CT molecular complexity index is 390. The highest BCUT2D eigenvalue weighted by atomic mass is 32.2. The fourth-order valence-electron chi connectivity index (χ4n) is 2.01. The lowest BCUT2D eigenvalue weighted by Crippen LogP contribution is -2.42. The highest BCUT2D eigenvalue weighted by Gasteiger charge is 2.19. The Balaban J connectivity index is 2.68. The quantitative estimate of drug-likeness (QED) is 0.608. The second-order valence-corrected chi connectivity index (χ2v) is 7.01. The van der Waals surface area contributed by atoms with Crippen molar-refractivity contribution in [1.82, 2.24) is 15.5 Å². The van der Waals surface area contributed by atoms with E-state index in [2.05, 4.69) is 15.6 Å². The smallest absolute Gasteiger partial charge is 0.336 e. The first-order valence-corrected chi connectivity index (χ1v) is 8.30. The Morgan fingerprint density at radius 2 is 1.81 bits per heavy atom. The van der Waals surface area contributed by atoms with E-state index in [0.717, 1.165) is 12.8 Å². The molecule has 1 fully saturated rings. The molecule has 0 aromatic rings. The molecule has 4 amide bonds. The van der Waals surface area contributed by atoms with Gasteiger partial charge in [0.25, 0.3) is 0 Å². The van der Waals surface area contributed by atoms with Crippen LogP contribution in [0.4, 0.5) is 9.59 Å². The molecule has 0 saturated heterocycles. The molecule has 0 atom stereocenters. The average Bonchev–Trinajstić information content (AvgIpc) is 2.38. The summed E-state index contributed by atoms with van der Waals surface area (Å²) in [5.41, 5.74) is 0. The van der Waals surface area contributed by atoms with E-state index in [1.165, 1.54) is 35.9 Å². The lowest BCUT2D eigenvalue weighted by molar-refractivity contribution is 0.227. The number of carbonyl (C=O) groups excluding carboxylic acids is 2. The first-order chi connectivity index (χ1) is 9.88. The summed E-state index contributed by atoms with van der Waals surface area (Å²) < 4.78 is 0. The summed E-state index contributed by atoms with van der Waals surface area (Å²) in [6.07, 6.45) is 5.87. The molecule has 0 aromatic heterocycles. The number of carbonyl (C=O) groups is 2. The fourth-order valence-corrected chi connectivity index (χ4v) is 3.17. The summed E-state index contributed by atoms with van der Waals surface area (Å²) in [6, 6.07) is -0.646. The standard InChI is InChI=1S/C14H26N4O2S/c1-10(2)15-12(19)16-13(17-14(20)18(3)4)21-11-8-6-5-7-9-11/h10-11H,5-9H2,1-4H3,(H2,15,16,17,19,20). The van der Waals surface area contributed by atoms with E-state index in [-0.39, 0.29) is 18.1 Å². The van der Waals surface area contributed by atoms with Gasteiger partial charge in [-0.2, -0.15) is 4.99 Å². The molecule has 0 unspecified atom stereocenters. The van der Waals surface area contributed by atoms with E-state index < -0.39 is 0 Å². The Hall–Kier alpha value is -1.24. The van der Waals surface area contributed by atoms with Crippen molar-refractivity contribution in [2.45, 2.75) is 57.2 Å². The minimum Gasteiger partial charge on any atom is -0.336 e. The molecule has 0 bridgehead atoms. The Labute approximate surface area is 131 Å². The summed E-state index contributed by atoms with van der Waals surface area (Å²) in [7, 11) is 3.28. The molecule has 1 aliphatic rings. The van der Waals surface area contributed by atoms with Gasteiger partial charge in [0.15, 0.2) is 5.17 Å². The summed E-state index contributed by atoms with van der Waals surface area (Å²) in [5.74, 6) is 0. The third kappa shape index (κ3) is 7.36. The van der Waals surface area contributed by atoms with Crippen molar-refractivity contribution in [3.63, 3.8) is 0 Å². The number of amides is 4. The fraction of sp³-hybridized carbons (Fsp3) is 0.786. The van der Waals surface area contributed by atoms with Crippen LogP contribution < -0.4 is 10.6 Å². The molecule has 0 aliphatic heterocycles. The summed E-state index contributed by atoms with van der Waals surface area (Å²) in [4.78, 5) is 29.0. The van der Waals surface area contributed by atoms with Gasteiger partial charge in [-0.3, -0.25) is 5.32 Å². The van der Waals surface area contributed by atoms with Gasteiger partial charge in [0.1, 0.15) is 0 Å². The molecular formula is C14H26N4O2S. The van der Waals surface area contributed by atoms with Crippen LogP contribution in [0.15, 0.2) is 4.99 Å². The first-order valence-electron chi connectivity index (χ1n) is 7.42. The molecular weight excluding hydrogens is 288 g/mol. The Kier molecular flexibility index (Phi) is 7.56. The number of thioether (sulfide) groups is 1. The third-order valence-electron chi connectivity index (χ3n) is 3.05. The van der Waals surface area contributed by atoms with Gasteiger partial charge in [0.05, 0.1) is 0 Å². The largest absolute Gasteiger partial charge is 0.345 e. The average molecular weight is 314 g/mol. The van der Waals surface area contributed by atoms with E-state index in [0.29, 0.717) is 10.4 Å². The number of nitrogens with one attached hydrogen (secondary N) is 2. The monoisotopic (exact) mass is 314 g/mol. The van der Waals surface area contributed by atoms with Crippen molar-refractivity contribution < 1.29 is 9.59 Å². The molecule has 1 aliphatic carbocycles. The van der Waals surface area contributed by atoms with Crippen molar-refractivity contribution in [2.24, 2.45) is 4.99 Å². The van der Waals surface area contributed by atoms with E-state index in [1.54, 1.807) is 14.1 Å². The zero-order valence-electron chi connectivity index (χ0n) is 13.3. The molecule has 2 N–H and O–H groups in total. The zero-order valence-corrected chi connectivity index (χ0v) is 14.1. The number of aliphatic imine (C=N–C) groups is 1. The summed E-state index contributed by atoms with van der Waals surface area (Å²) >= 11 is 1.50. The third-order valence-corrected chi connectivity index (χ3v) is 4.27. The van der Waals surface area contributed by atoms with Gasteiger partial charge in [-0.1, -0.05) is 31.0 Å². The zero-order chi connectivity index (χ0) is 15.8.